The average Bonchev–Trinajstić information content (AvgIpc) is 2.78. The highest BCUT2D eigenvalue weighted by Gasteiger charge is 2.27. The summed E-state index contributed by atoms with van der Waals surface area (Å²) in [6.45, 7) is 0.292. The van der Waals surface area contributed by atoms with Gasteiger partial charge in [-0.1, -0.05) is 78.9 Å². The molecule has 3 aromatic carbocycles. The number of rotatable bonds is 6. The fourth-order valence-corrected chi connectivity index (χ4v) is 3.88. The van der Waals surface area contributed by atoms with Crippen LogP contribution in [0.4, 0.5) is 0 Å². The van der Waals surface area contributed by atoms with Crippen LogP contribution in [0.5, 0.6) is 0 Å². The highest BCUT2D eigenvalue weighted by molar-refractivity contribution is 6.00. The Morgan fingerprint density at radius 1 is 0.897 bits per heavy atom. The molecule has 29 heavy (non-hydrogen) atoms. The van der Waals surface area contributed by atoms with Gasteiger partial charge < -0.3 is 4.74 Å². The van der Waals surface area contributed by atoms with E-state index in [4.69, 9.17) is 4.74 Å². The van der Waals surface area contributed by atoms with Crippen LogP contribution in [0, 0.1) is 11.8 Å². The van der Waals surface area contributed by atoms with Gasteiger partial charge in [-0.25, -0.2) is 0 Å². The van der Waals surface area contributed by atoms with E-state index >= 15 is 0 Å². The van der Waals surface area contributed by atoms with Gasteiger partial charge >= 0.3 is 5.97 Å². The first-order valence-electron chi connectivity index (χ1n) is 10.1. The van der Waals surface area contributed by atoms with E-state index in [0.717, 1.165) is 21.9 Å². The molecule has 0 saturated carbocycles. The highest BCUT2D eigenvalue weighted by Crippen LogP contribution is 2.29. The first kappa shape index (κ1) is 19.1. The molecule has 0 aliphatic heterocycles. The maximum Gasteiger partial charge on any atom is 0.309 e. The molecule has 0 saturated heterocycles. The van der Waals surface area contributed by atoms with Gasteiger partial charge in [0.2, 0.25) is 0 Å². The van der Waals surface area contributed by atoms with Crippen LogP contribution in [0.1, 0.15) is 35.2 Å². The van der Waals surface area contributed by atoms with Crippen LogP contribution in [0.3, 0.4) is 0 Å². The molecule has 0 bridgehead atoms. The second-order valence-corrected chi connectivity index (χ2v) is 7.64. The van der Waals surface area contributed by atoms with E-state index in [1.54, 1.807) is 0 Å². The minimum absolute atomic E-state index is 0.0667. The lowest BCUT2D eigenvalue weighted by atomic mass is 9.83. The number of allylic oxidation sites excluding steroid dienone is 2. The molecule has 146 valence electrons. The third kappa shape index (κ3) is 4.80. The van der Waals surface area contributed by atoms with Gasteiger partial charge in [-0.2, -0.15) is 0 Å². The van der Waals surface area contributed by atoms with Crippen LogP contribution < -0.4 is 0 Å². The molecule has 0 heterocycles. The topological polar surface area (TPSA) is 43.4 Å². The minimum Gasteiger partial charge on any atom is -0.461 e. The summed E-state index contributed by atoms with van der Waals surface area (Å²) in [6, 6.07) is 23.6. The predicted molar refractivity (Wildman–Crippen MR) is 114 cm³/mol. The van der Waals surface area contributed by atoms with E-state index in [1.165, 1.54) is 0 Å². The predicted octanol–water partition coefficient (Wildman–Crippen LogP) is 5.74. The Hall–Kier alpha value is -3.20. The molecular formula is C26H24O3. The van der Waals surface area contributed by atoms with Crippen LogP contribution in [-0.2, 0) is 16.1 Å². The number of hydrogen-bond acceptors (Lipinski definition) is 3. The van der Waals surface area contributed by atoms with Crippen molar-refractivity contribution in [2.75, 3.05) is 0 Å². The number of benzene rings is 3. The van der Waals surface area contributed by atoms with E-state index in [0.29, 0.717) is 25.9 Å². The highest BCUT2D eigenvalue weighted by atomic mass is 16.5. The molecule has 0 N–H and O–H groups in total. The number of ketones is 1. The molecule has 0 fully saturated rings. The lowest BCUT2D eigenvalue weighted by Gasteiger charge is -2.23. The number of esters is 1. The Balaban J connectivity index is 1.35. The van der Waals surface area contributed by atoms with Gasteiger partial charge in [0.25, 0.3) is 0 Å². The van der Waals surface area contributed by atoms with E-state index in [9.17, 15) is 9.59 Å². The summed E-state index contributed by atoms with van der Waals surface area (Å²) >= 11 is 0. The van der Waals surface area contributed by atoms with Gasteiger partial charge in [-0.05, 0) is 41.2 Å². The number of Topliss-reactive ketones (excluding diaryl/α,β-unsaturated/α-hetero) is 1. The molecule has 1 aliphatic carbocycles. The zero-order chi connectivity index (χ0) is 20.1. The molecule has 1 aliphatic rings. The van der Waals surface area contributed by atoms with Crippen molar-refractivity contribution in [1.82, 2.24) is 0 Å². The number of carbonyl (C=O) groups excluding carboxylic acids is 2. The maximum absolute atomic E-state index is 12.8. The lowest BCUT2D eigenvalue weighted by molar-refractivity contribution is -0.150. The van der Waals surface area contributed by atoms with Crippen molar-refractivity contribution in [1.29, 1.82) is 0 Å². The molecule has 0 aromatic heterocycles. The molecule has 3 aromatic rings. The normalized spacial score (nSPS) is 18.5. The summed E-state index contributed by atoms with van der Waals surface area (Å²) in [5.74, 6) is -0.180. The van der Waals surface area contributed by atoms with Crippen LogP contribution in [0.2, 0.25) is 0 Å². The van der Waals surface area contributed by atoms with Gasteiger partial charge in [0.1, 0.15) is 6.61 Å². The zero-order valence-electron chi connectivity index (χ0n) is 16.3. The zero-order valence-corrected chi connectivity index (χ0v) is 16.3. The van der Waals surface area contributed by atoms with Gasteiger partial charge in [-0.15, -0.1) is 0 Å². The third-order valence-electron chi connectivity index (χ3n) is 5.49. The van der Waals surface area contributed by atoms with Crippen molar-refractivity contribution in [3.8, 4) is 0 Å². The number of fused-ring (bicyclic) bond motifs is 1. The van der Waals surface area contributed by atoms with Gasteiger partial charge in [0.05, 0.1) is 5.92 Å². The Morgan fingerprint density at radius 3 is 2.48 bits per heavy atom. The first-order chi connectivity index (χ1) is 14.2. The van der Waals surface area contributed by atoms with E-state index < -0.39 is 0 Å². The van der Waals surface area contributed by atoms with Crippen molar-refractivity contribution in [3.63, 3.8) is 0 Å². The van der Waals surface area contributed by atoms with Crippen molar-refractivity contribution in [3.05, 3.63) is 96.1 Å². The van der Waals surface area contributed by atoms with Crippen LogP contribution >= 0.6 is 0 Å². The smallest absolute Gasteiger partial charge is 0.309 e. The summed E-state index contributed by atoms with van der Waals surface area (Å²) in [6.07, 6.45) is 5.82. The fourth-order valence-electron chi connectivity index (χ4n) is 3.88. The second-order valence-electron chi connectivity index (χ2n) is 7.64. The molecule has 0 amide bonds. The Morgan fingerprint density at radius 2 is 1.66 bits per heavy atom. The number of hydrogen-bond donors (Lipinski definition) is 0. The molecule has 0 radical (unpaired) electrons. The second kappa shape index (κ2) is 8.87. The molecule has 2 atom stereocenters. The summed E-state index contributed by atoms with van der Waals surface area (Å²) in [7, 11) is 0. The summed E-state index contributed by atoms with van der Waals surface area (Å²) in [5.41, 5.74) is 1.71. The van der Waals surface area contributed by atoms with Crippen LogP contribution in [0.15, 0.2) is 84.9 Å². The Kier molecular flexibility index (Phi) is 5.85. The van der Waals surface area contributed by atoms with Gasteiger partial charge in [0, 0.05) is 12.0 Å². The monoisotopic (exact) mass is 384 g/mol. The van der Waals surface area contributed by atoms with Crippen LogP contribution in [0.25, 0.3) is 10.8 Å². The van der Waals surface area contributed by atoms with Crippen molar-refractivity contribution in [2.45, 2.75) is 25.9 Å². The maximum atomic E-state index is 12.8. The van der Waals surface area contributed by atoms with Gasteiger partial charge in [-0.3, -0.25) is 9.59 Å². The Labute approximate surface area is 171 Å². The molecule has 0 spiro atoms. The van der Waals surface area contributed by atoms with E-state index in [-0.39, 0.29) is 23.6 Å². The number of carbonyl (C=O) groups is 2. The van der Waals surface area contributed by atoms with Gasteiger partial charge in [0.15, 0.2) is 5.78 Å². The van der Waals surface area contributed by atoms with Crippen LogP contribution in [-0.4, -0.2) is 11.8 Å². The summed E-state index contributed by atoms with van der Waals surface area (Å²) in [5, 5.41) is 2.20. The van der Waals surface area contributed by atoms with E-state index in [2.05, 4.69) is 6.08 Å². The summed E-state index contributed by atoms with van der Waals surface area (Å²) < 4.78 is 5.50. The molecule has 1 unspecified atom stereocenters. The minimum atomic E-state index is -0.182. The standard InChI is InChI=1S/C26H24O3/c27-25(23-14-13-21-10-4-5-11-22(21)17-23)16-20-9-6-12-24(15-20)26(28)29-18-19-7-2-1-3-8-19/h1-11,13-14,17,20,24H,12,15-16,18H2/t20?,24-/m1/s1. The quantitative estimate of drug-likeness (QED) is 0.309. The fraction of sp³-hybridized carbons (Fsp3) is 0.231. The third-order valence-corrected chi connectivity index (χ3v) is 5.49. The largest absolute Gasteiger partial charge is 0.461 e. The molecule has 4 rings (SSSR count). The molecule has 3 heteroatoms. The Bertz CT molecular complexity index is 1040. The lowest BCUT2D eigenvalue weighted by Crippen LogP contribution is -2.23. The number of ether oxygens (including phenoxy) is 1. The first-order valence-corrected chi connectivity index (χ1v) is 10.1. The van der Waals surface area contributed by atoms with E-state index in [1.807, 2.05) is 78.9 Å². The van der Waals surface area contributed by atoms with Crippen molar-refractivity contribution >= 4 is 22.5 Å². The molecule has 3 nitrogen and oxygen atoms in total. The van der Waals surface area contributed by atoms with Crippen molar-refractivity contribution in [2.24, 2.45) is 11.8 Å². The molecular weight excluding hydrogens is 360 g/mol. The SMILES string of the molecule is O=C(CC1C=CC[C@@H](C(=O)OCc2ccccc2)C1)c1ccc2ccccc2c1. The summed E-state index contributed by atoms with van der Waals surface area (Å²) in [4.78, 5) is 25.3. The van der Waals surface area contributed by atoms with Crippen molar-refractivity contribution < 1.29 is 14.3 Å². The average molecular weight is 384 g/mol.